The van der Waals surface area contributed by atoms with Crippen molar-refractivity contribution in [1.29, 1.82) is 0 Å². The second-order valence-electron chi connectivity index (χ2n) is 4.46. The first-order valence-corrected chi connectivity index (χ1v) is 6.29. The van der Waals surface area contributed by atoms with E-state index in [1.54, 1.807) is 11.8 Å². The van der Waals surface area contributed by atoms with Crippen LogP contribution in [0.1, 0.15) is 11.4 Å². The Morgan fingerprint density at radius 3 is 2.57 bits per heavy atom. The van der Waals surface area contributed by atoms with Crippen molar-refractivity contribution in [1.82, 2.24) is 9.78 Å². The Hall–Kier alpha value is -1.77. The molecule has 1 aromatic heterocycles. The summed E-state index contributed by atoms with van der Waals surface area (Å²) in [5.41, 5.74) is 8.72. The van der Waals surface area contributed by atoms with Gasteiger partial charge in [0.25, 0.3) is 0 Å². The van der Waals surface area contributed by atoms with Gasteiger partial charge in [-0.1, -0.05) is 0 Å². The molecule has 0 bridgehead atoms. The topological polar surface area (TPSA) is 77.5 Å². The lowest BCUT2D eigenvalue weighted by Gasteiger charge is -2.06. The molecule has 7 heteroatoms. The summed E-state index contributed by atoms with van der Waals surface area (Å²) in [6, 6.07) is 9.48. The highest BCUT2D eigenvalue weighted by molar-refractivity contribution is 14.0. The Morgan fingerprint density at radius 2 is 2.05 bits per heavy atom. The maximum absolute atomic E-state index is 5.86. The summed E-state index contributed by atoms with van der Waals surface area (Å²) in [6.45, 7) is 2.44. The SMILES string of the molecule is COc1ccc(NC(N)=NCc2cc(C)nn2C)cc1.I. The van der Waals surface area contributed by atoms with Crippen LogP contribution in [-0.2, 0) is 13.6 Å². The lowest BCUT2D eigenvalue weighted by Crippen LogP contribution is -2.22. The van der Waals surface area contributed by atoms with Gasteiger partial charge in [-0.2, -0.15) is 5.10 Å². The average Bonchev–Trinajstić information content (AvgIpc) is 2.75. The molecular weight excluding hydrogens is 381 g/mol. The quantitative estimate of drug-likeness (QED) is 0.468. The third-order valence-corrected chi connectivity index (χ3v) is 2.87. The zero-order valence-corrected chi connectivity index (χ0v) is 14.7. The predicted molar refractivity (Wildman–Crippen MR) is 95.3 cm³/mol. The van der Waals surface area contributed by atoms with E-state index in [9.17, 15) is 0 Å². The van der Waals surface area contributed by atoms with Crippen molar-refractivity contribution in [2.24, 2.45) is 17.8 Å². The highest BCUT2D eigenvalue weighted by Gasteiger charge is 2.01. The Balaban J connectivity index is 0.00000220. The number of halogens is 1. The number of hydrogen-bond acceptors (Lipinski definition) is 3. The third-order valence-electron chi connectivity index (χ3n) is 2.87. The Bertz CT molecular complexity index is 606. The molecule has 0 fully saturated rings. The Morgan fingerprint density at radius 1 is 1.38 bits per heavy atom. The highest BCUT2D eigenvalue weighted by Crippen LogP contribution is 2.14. The van der Waals surface area contributed by atoms with Crippen LogP contribution in [0.3, 0.4) is 0 Å². The summed E-state index contributed by atoms with van der Waals surface area (Å²) >= 11 is 0. The van der Waals surface area contributed by atoms with Crippen LogP contribution in [0.25, 0.3) is 0 Å². The lowest BCUT2D eigenvalue weighted by atomic mass is 10.3. The first-order valence-electron chi connectivity index (χ1n) is 6.29. The molecule has 0 aliphatic rings. The van der Waals surface area contributed by atoms with Gasteiger partial charge < -0.3 is 15.8 Å². The predicted octanol–water partition coefficient (Wildman–Crippen LogP) is 2.28. The smallest absolute Gasteiger partial charge is 0.193 e. The number of hydrogen-bond donors (Lipinski definition) is 2. The van der Waals surface area contributed by atoms with Crippen LogP contribution in [0.4, 0.5) is 5.69 Å². The fraction of sp³-hybridized carbons (Fsp3) is 0.286. The molecule has 1 heterocycles. The molecule has 0 radical (unpaired) electrons. The number of aromatic nitrogens is 2. The van der Waals surface area contributed by atoms with E-state index < -0.39 is 0 Å². The lowest BCUT2D eigenvalue weighted by molar-refractivity contribution is 0.415. The summed E-state index contributed by atoms with van der Waals surface area (Å²) in [5, 5.41) is 7.30. The van der Waals surface area contributed by atoms with Gasteiger partial charge in [0.2, 0.25) is 0 Å². The molecule has 21 heavy (non-hydrogen) atoms. The minimum absolute atomic E-state index is 0. The van der Waals surface area contributed by atoms with Gasteiger partial charge in [0, 0.05) is 12.7 Å². The molecule has 3 N–H and O–H groups in total. The molecular formula is C14H20IN5O. The Labute approximate surface area is 141 Å². The standard InChI is InChI=1S/C14H19N5O.HI/c1-10-8-12(19(2)18-10)9-16-14(15)17-11-4-6-13(20-3)7-5-11;/h4-8H,9H2,1-3H3,(H3,15,16,17);1H. The minimum Gasteiger partial charge on any atom is -0.497 e. The van der Waals surface area contributed by atoms with E-state index in [-0.39, 0.29) is 24.0 Å². The molecule has 0 atom stereocenters. The molecule has 6 nitrogen and oxygen atoms in total. The number of ether oxygens (including phenoxy) is 1. The fourth-order valence-corrected chi connectivity index (χ4v) is 1.84. The van der Waals surface area contributed by atoms with Gasteiger partial charge >= 0.3 is 0 Å². The molecule has 0 aliphatic heterocycles. The van der Waals surface area contributed by atoms with Gasteiger partial charge in [0.15, 0.2) is 5.96 Å². The summed E-state index contributed by atoms with van der Waals surface area (Å²) in [4.78, 5) is 4.30. The van der Waals surface area contributed by atoms with E-state index in [4.69, 9.17) is 10.5 Å². The van der Waals surface area contributed by atoms with E-state index in [0.717, 1.165) is 22.8 Å². The fourth-order valence-electron chi connectivity index (χ4n) is 1.84. The minimum atomic E-state index is 0. The van der Waals surface area contributed by atoms with E-state index in [2.05, 4.69) is 15.4 Å². The van der Waals surface area contributed by atoms with Crippen molar-refractivity contribution in [3.8, 4) is 5.75 Å². The van der Waals surface area contributed by atoms with Gasteiger partial charge in [0.1, 0.15) is 5.75 Å². The summed E-state index contributed by atoms with van der Waals surface area (Å²) in [6.07, 6.45) is 0. The Kier molecular flexibility index (Phi) is 6.47. The van der Waals surface area contributed by atoms with Crippen molar-refractivity contribution in [3.63, 3.8) is 0 Å². The molecule has 114 valence electrons. The molecule has 0 unspecified atom stereocenters. The molecule has 2 aromatic rings. The number of benzene rings is 1. The summed E-state index contributed by atoms with van der Waals surface area (Å²) < 4.78 is 6.90. The first-order chi connectivity index (χ1) is 9.58. The molecule has 0 amide bonds. The number of aliphatic imine (C=N–C) groups is 1. The number of methoxy groups -OCH3 is 1. The van der Waals surface area contributed by atoms with E-state index in [0.29, 0.717) is 12.5 Å². The van der Waals surface area contributed by atoms with Gasteiger partial charge in [0.05, 0.1) is 25.0 Å². The van der Waals surface area contributed by atoms with Gasteiger partial charge in [-0.05, 0) is 37.3 Å². The molecule has 0 saturated heterocycles. The van der Waals surface area contributed by atoms with Crippen LogP contribution in [0.5, 0.6) is 5.75 Å². The number of anilines is 1. The van der Waals surface area contributed by atoms with Gasteiger partial charge in [-0.25, -0.2) is 4.99 Å². The number of nitrogens with zero attached hydrogens (tertiary/aromatic N) is 3. The highest BCUT2D eigenvalue weighted by atomic mass is 127. The number of nitrogens with one attached hydrogen (secondary N) is 1. The number of nitrogens with two attached hydrogens (primary N) is 1. The zero-order valence-electron chi connectivity index (χ0n) is 12.3. The number of rotatable bonds is 4. The van der Waals surface area contributed by atoms with Gasteiger partial charge in [-0.3, -0.25) is 4.68 Å². The van der Waals surface area contributed by atoms with Crippen LogP contribution in [-0.4, -0.2) is 22.8 Å². The maximum Gasteiger partial charge on any atom is 0.193 e. The van der Waals surface area contributed by atoms with Crippen LogP contribution < -0.4 is 15.8 Å². The van der Waals surface area contributed by atoms with Crippen molar-refractivity contribution in [3.05, 3.63) is 41.7 Å². The number of guanidine groups is 1. The zero-order chi connectivity index (χ0) is 14.5. The van der Waals surface area contributed by atoms with Crippen LogP contribution in [0.15, 0.2) is 35.3 Å². The second kappa shape index (κ2) is 7.87. The molecule has 0 aliphatic carbocycles. The molecule has 2 rings (SSSR count). The van der Waals surface area contributed by atoms with Crippen LogP contribution >= 0.6 is 24.0 Å². The van der Waals surface area contributed by atoms with Crippen molar-refractivity contribution in [2.75, 3.05) is 12.4 Å². The molecule has 0 spiro atoms. The largest absolute Gasteiger partial charge is 0.497 e. The number of aryl methyl sites for hydroxylation is 2. The average molecular weight is 401 g/mol. The maximum atomic E-state index is 5.86. The van der Waals surface area contributed by atoms with E-state index in [1.165, 1.54) is 0 Å². The molecule has 1 aromatic carbocycles. The third kappa shape index (κ3) is 4.92. The summed E-state index contributed by atoms with van der Waals surface area (Å²) in [7, 11) is 3.53. The van der Waals surface area contributed by atoms with E-state index in [1.807, 2.05) is 44.3 Å². The van der Waals surface area contributed by atoms with Crippen LogP contribution in [0.2, 0.25) is 0 Å². The van der Waals surface area contributed by atoms with Crippen molar-refractivity contribution in [2.45, 2.75) is 13.5 Å². The first kappa shape index (κ1) is 17.3. The van der Waals surface area contributed by atoms with Gasteiger partial charge in [-0.15, -0.1) is 24.0 Å². The summed E-state index contributed by atoms with van der Waals surface area (Å²) in [5.74, 6) is 1.17. The second-order valence-corrected chi connectivity index (χ2v) is 4.46. The van der Waals surface area contributed by atoms with Crippen molar-refractivity contribution < 1.29 is 4.74 Å². The monoisotopic (exact) mass is 401 g/mol. The van der Waals surface area contributed by atoms with Crippen LogP contribution in [0, 0.1) is 6.92 Å². The molecule has 0 saturated carbocycles. The van der Waals surface area contributed by atoms with Crippen molar-refractivity contribution >= 4 is 35.6 Å². The normalized spacial score (nSPS) is 10.9. The van der Waals surface area contributed by atoms with E-state index >= 15 is 0 Å².